The van der Waals surface area contributed by atoms with E-state index in [9.17, 15) is 4.79 Å². The normalized spacial score (nSPS) is 28.4. The van der Waals surface area contributed by atoms with E-state index >= 15 is 0 Å². The summed E-state index contributed by atoms with van der Waals surface area (Å²) in [5, 5.41) is 7.49. The molecular formula is C14H20N5O+. The zero-order valence-corrected chi connectivity index (χ0v) is 12.1. The molecule has 0 saturated carbocycles. The van der Waals surface area contributed by atoms with Gasteiger partial charge in [-0.25, -0.2) is 4.99 Å². The number of nitrogens with one attached hydrogen (secondary N) is 1. The summed E-state index contributed by atoms with van der Waals surface area (Å²) in [5.41, 5.74) is 3.16. The number of likely N-dealkylation sites (tertiary alicyclic amines) is 1. The van der Waals surface area contributed by atoms with Gasteiger partial charge in [-0.2, -0.15) is 0 Å². The quantitative estimate of drug-likeness (QED) is 0.739. The largest absolute Gasteiger partial charge is 0.365 e. The Balaban J connectivity index is 1.79. The van der Waals surface area contributed by atoms with Crippen molar-refractivity contribution in [1.82, 2.24) is 10.2 Å². The summed E-state index contributed by atoms with van der Waals surface area (Å²) < 4.78 is 1.92. The van der Waals surface area contributed by atoms with Crippen LogP contribution in [-0.4, -0.2) is 58.4 Å². The Morgan fingerprint density at radius 2 is 2.25 bits per heavy atom. The lowest BCUT2D eigenvalue weighted by Crippen LogP contribution is -2.38. The van der Waals surface area contributed by atoms with Gasteiger partial charge in [0.15, 0.2) is 0 Å². The molecule has 1 unspecified atom stereocenters. The molecule has 106 valence electrons. The number of hydrazone groups is 1. The Hall–Kier alpha value is -1.98. The Morgan fingerprint density at radius 3 is 3.00 bits per heavy atom. The number of fused-ring (bicyclic) bond motifs is 1. The van der Waals surface area contributed by atoms with Gasteiger partial charge >= 0.3 is 6.17 Å². The first-order valence-electron chi connectivity index (χ1n) is 6.99. The Kier molecular flexibility index (Phi) is 3.16. The van der Waals surface area contributed by atoms with Gasteiger partial charge in [-0.3, -0.25) is 4.79 Å². The number of allylic oxidation sites excluding steroid dienone is 1. The van der Waals surface area contributed by atoms with Crippen molar-refractivity contribution in [2.45, 2.75) is 39.4 Å². The summed E-state index contributed by atoms with van der Waals surface area (Å²) in [6.07, 6.45) is 5.02. The fourth-order valence-electron chi connectivity index (χ4n) is 2.99. The molecular weight excluding hydrogens is 254 g/mol. The molecule has 1 amide bonds. The van der Waals surface area contributed by atoms with E-state index in [2.05, 4.69) is 26.4 Å². The zero-order chi connectivity index (χ0) is 14.3. The highest BCUT2D eigenvalue weighted by molar-refractivity contribution is 6.28. The van der Waals surface area contributed by atoms with Crippen molar-refractivity contribution >= 4 is 23.5 Å². The topological polar surface area (TPSA) is 60.1 Å². The summed E-state index contributed by atoms with van der Waals surface area (Å²) >= 11 is 0. The van der Waals surface area contributed by atoms with E-state index in [0.29, 0.717) is 0 Å². The van der Waals surface area contributed by atoms with Crippen LogP contribution in [0.2, 0.25) is 0 Å². The van der Waals surface area contributed by atoms with Crippen LogP contribution in [0, 0.1) is 0 Å². The molecule has 0 aromatic heterocycles. The molecule has 1 saturated heterocycles. The Labute approximate surface area is 118 Å². The molecule has 6 heteroatoms. The van der Waals surface area contributed by atoms with E-state index in [1.165, 1.54) is 5.70 Å². The molecule has 3 aliphatic heterocycles. The number of nitrogens with zero attached hydrogens (tertiary/aromatic N) is 4. The van der Waals surface area contributed by atoms with Gasteiger partial charge in [-0.15, -0.1) is 0 Å². The third kappa shape index (κ3) is 2.37. The van der Waals surface area contributed by atoms with Crippen LogP contribution in [0.5, 0.6) is 0 Å². The maximum atomic E-state index is 11.2. The number of rotatable bonds is 2. The minimum Gasteiger partial charge on any atom is -0.365 e. The van der Waals surface area contributed by atoms with E-state index in [1.54, 1.807) is 6.92 Å². The molecule has 1 fully saturated rings. The fraction of sp³-hybridized carbons (Fsp3) is 0.571. The average Bonchev–Trinajstić information content (AvgIpc) is 2.93. The van der Waals surface area contributed by atoms with Gasteiger partial charge in [0, 0.05) is 26.1 Å². The summed E-state index contributed by atoms with van der Waals surface area (Å²) in [5.74, 6) is 0.0388. The first kappa shape index (κ1) is 13.0. The van der Waals surface area contributed by atoms with E-state index in [1.807, 2.05) is 24.7 Å². The summed E-state index contributed by atoms with van der Waals surface area (Å²) in [7, 11) is 0. The van der Waals surface area contributed by atoms with Crippen molar-refractivity contribution in [3.63, 3.8) is 0 Å². The lowest BCUT2D eigenvalue weighted by Gasteiger charge is -2.24. The van der Waals surface area contributed by atoms with Crippen LogP contribution in [0.4, 0.5) is 0 Å². The van der Waals surface area contributed by atoms with Crippen LogP contribution in [0.15, 0.2) is 21.9 Å². The van der Waals surface area contributed by atoms with Crippen molar-refractivity contribution in [1.29, 1.82) is 0 Å². The third-order valence-corrected chi connectivity index (χ3v) is 3.75. The van der Waals surface area contributed by atoms with Crippen LogP contribution < -0.4 is 5.32 Å². The van der Waals surface area contributed by atoms with Crippen molar-refractivity contribution < 1.29 is 9.48 Å². The first-order valence-corrected chi connectivity index (χ1v) is 6.99. The van der Waals surface area contributed by atoms with E-state index in [-0.39, 0.29) is 18.1 Å². The number of hydrogen-bond acceptors (Lipinski definition) is 4. The standard InChI is InChI=1S/C14H19N5O/c1-9-6-13(14-15-10(2)7-19(14)17-9)18-5-4-12(8-18)16-11(3)20/h6-7,12,14H,4-5,8H2,1-3H3/p+1/t12-,14?/m1/s1. The number of aliphatic imine (C=N–C) groups is 1. The highest BCUT2D eigenvalue weighted by atomic mass is 16.1. The fourth-order valence-corrected chi connectivity index (χ4v) is 2.99. The second kappa shape index (κ2) is 4.85. The molecule has 0 aromatic rings. The van der Waals surface area contributed by atoms with E-state index in [4.69, 9.17) is 0 Å². The highest BCUT2D eigenvalue weighted by Gasteiger charge is 2.39. The smallest absolute Gasteiger partial charge is 0.317 e. The lowest BCUT2D eigenvalue weighted by molar-refractivity contribution is -0.555. The highest BCUT2D eigenvalue weighted by Crippen LogP contribution is 2.25. The molecule has 3 aliphatic rings. The van der Waals surface area contributed by atoms with Crippen LogP contribution in [0.25, 0.3) is 0 Å². The van der Waals surface area contributed by atoms with E-state index < -0.39 is 0 Å². The summed E-state index contributed by atoms with van der Waals surface area (Å²) in [6.45, 7) is 7.35. The number of carbonyl (C=O) groups is 1. The third-order valence-electron chi connectivity index (χ3n) is 3.75. The van der Waals surface area contributed by atoms with Crippen molar-refractivity contribution in [3.05, 3.63) is 11.8 Å². The number of amides is 1. The molecule has 3 heterocycles. The second-order valence-corrected chi connectivity index (χ2v) is 5.60. The number of carbonyl (C=O) groups excluding carboxylic acids is 1. The monoisotopic (exact) mass is 274 g/mol. The van der Waals surface area contributed by atoms with Gasteiger partial charge in [0.25, 0.3) is 0 Å². The van der Waals surface area contributed by atoms with Crippen molar-refractivity contribution in [2.75, 3.05) is 13.1 Å². The van der Waals surface area contributed by atoms with Gasteiger partial charge in [0.05, 0.1) is 0 Å². The summed E-state index contributed by atoms with van der Waals surface area (Å²) in [4.78, 5) is 18.1. The SMILES string of the molecule is CC(=O)N[C@@H]1CCN(C2=CC(C)=N[N+]3=CC(C)=NC23)C1. The van der Waals surface area contributed by atoms with Crippen LogP contribution in [-0.2, 0) is 4.79 Å². The maximum absolute atomic E-state index is 11.2. The Bertz CT molecular complexity index is 572. The molecule has 0 aromatic carbocycles. The molecule has 2 atom stereocenters. The molecule has 0 spiro atoms. The van der Waals surface area contributed by atoms with E-state index in [0.717, 1.165) is 30.9 Å². The second-order valence-electron chi connectivity index (χ2n) is 5.60. The van der Waals surface area contributed by atoms with Gasteiger partial charge < -0.3 is 10.2 Å². The average molecular weight is 274 g/mol. The van der Waals surface area contributed by atoms with Crippen molar-refractivity contribution in [3.8, 4) is 0 Å². The molecule has 0 aliphatic carbocycles. The van der Waals surface area contributed by atoms with Gasteiger partial charge in [-0.05, 0) is 31.4 Å². The minimum absolute atomic E-state index is 0.0326. The molecule has 6 nitrogen and oxygen atoms in total. The molecule has 3 rings (SSSR count). The first-order chi connectivity index (χ1) is 9.52. The minimum atomic E-state index is -0.0326. The van der Waals surface area contributed by atoms with Crippen LogP contribution >= 0.6 is 0 Å². The number of hydrogen-bond donors (Lipinski definition) is 1. The molecule has 0 bridgehead atoms. The molecule has 20 heavy (non-hydrogen) atoms. The van der Waals surface area contributed by atoms with Gasteiger partial charge in [-0.1, -0.05) is 4.68 Å². The summed E-state index contributed by atoms with van der Waals surface area (Å²) in [6, 6.07) is 0.233. The predicted octanol–water partition coefficient (Wildman–Crippen LogP) is 0.354. The molecule has 1 N–H and O–H groups in total. The molecule has 0 radical (unpaired) electrons. The maximum Gasteiger partial charge on any atom is 0.317 e. The van der Waals surface area contributed by atoms with Crippen LogP contribution in [0.3, 0.4) is 0 Å². The predicted molar refractivity (Wildman–Crippen MR) is 78.2 cm³/mol. The zero-order valence-electron chi connectivity index (χ0n) is 12.1. The Morgan fingerprint density at radius 1 is 1.45 bits per heavy atom. The van der Waals surface area contributed by atoms with Crippen LogP contribution in [0.1, 0.15) is 27.2 Å². The van der Waals surface area contributed by atoms with Gasteiger partial charge in [0.1, 0.15) is 17.1 Å². The lowest BCUT2D eigenvalue weighted by atomic mass is 10.2. The van der Waals surface area contributed by atoms with Gasteiger partial charge in [0.2, 0.25) is 12.1 Å². The van der Waals surface area contributed by atoms with Crippen molar-refractivity contribution in [2.24, 2.45) is 10.1 Å².